The van der Waals surface area contributed by atoms with Gasteiger partial charge in [-0.15, -0.1) is 11.3 Å². The first-order valence-electron chi connectivity index (χ1n) is 14.3. The van der Waals surface area contributed by atoms with E-state index in [1.807, 2.05) is 24.0 Å². The predicted molar refractivity (Wildman–Crippen MR) is 165 cm³/mol. The Balaban J connectivity index is 1.34. The Morgan fingerprint density at radius 3 is 2.47 bits per heavy atom. The van der Waals surface area contributed by atoms with E-state index >= 15 is 0 Å². The van der Waals surface area contributed by atoms with E-state index in [9.17, 15) is 18.0 Å². The van der Waals surface area contributed by atoms with Crippen molar-refractivity contribution in [3.63, 3.8) is 0 Å². The number of carbonyl (C=O) groups excluding carboxylic acids is 2. The fourth-order valence-corrected chi connectivity index (χ4v) is 8.12. The van der Waals surface area contributed by atoms with Gasteiger partial charge in [0.15, 0.2) is 5.13 Å². The number of thiazole rings is 1. The Labute approximate surface area is 256 Å². The zero-order chi connectivity index (χ0) is 30.6. The third-order valence-electron chi connectivity index (χ3n) is 8.03. The van der Waals surface area contributed by atoms with E-state index in [1.54, 1.807) is 44.5 Å². The number of hydrazine groups is 1. The minimum Gasteiger partial charge on any atom is -0.384 e. The van der Waals surface area contributed by atoms with Gasteiger partial charge in [0.1, 0.15) is 6.04 Å². The molecule has 5 rings (SSSR count). The lowest BCUT2D eigenvalue weighted by Gasteiger charge is -2.39. The summed E-state index contributed by atoms with van der Waals surface area (Å²) in [5.74, 6) is -0.566. The van der Waals surface area contributed by atoms with Crippen molar-refractivity contribution in [3.8, 4) is 0 Å². The van der Waals surface area contributed by atoms with Gasteiger partial charge in [0.2, 0.25) is 21.8 Å². The van der Waals surface area contributed by atoms with Crippen molar-refractivity contribution in [2.24, 2.45) is 0 Å². The van der Waals surface area contributed by atoms with Gasteiger partial charge in [0.05, 0.1) is 23.6 Å². The Morgan fingerprint density at radius 1 is 1.09 bits per heavy atom. The maximum atomic E-state index is 13.7. The molecule has 2 aromatic carbocycles. The maximum Gasteiger partial charge on any atom is 0.243 e. The summed E-state index contributed by atoms with van der Waals surface area (Å²) in [6.45, 7) is 3.40. The number of aromatic nitrogens is 1. The second-order valence-electron chi connectivity index (χ2n) is 11.0. The molecule has 2 amide bonds. The summed E-state index contributed by atoms with van der Waals surface area (Å²) in [4.78, 5) is 33.4. The fraction of sp³-hybridized carbons (Fsp3) is 0.433. The second-order valence-corrected chi connectivity index (χ2v) is 14.0. The number of piperazine rings is 1. The van der Waals surface area contributed by atoms with E-state index < -0.39 is 16.1 Å². The Hall–Kier alpha value is -3.36. The van der Waals surface area contributed by atoms with Crippen LogP contribution in [0.15, 0.2) is 59.5 Å². The Morgan fingerprint density at radius 2 is 1.81 bits per heavy atom. The SMILES string of the molecule is CNNC(=O)Cc1sc(N2CCN(S(=O)(=O)c3ccccc3)[C@@H](C(=O)NCc3ccc(C4(COC)CC4)cc3)C2)nc1C. The van der Waals surface area contributed by atoms with Crippen LogP contribution >= 0.6 is 11.3 Å². The first-order valence-corrected chi connectivity index (χ1v) is 16.5. The van der Waals surface area contributed by atoms with Gasteiger partial charge in [0.25, 0.3) is 0 Å². The van der Waals surface area contributed by atoms with Crippen LogP contribution in [0.3, 0.4) is 0 Å². The highest BCUT2D eigenvalue weighted by atomic mass is 32.2. The van der Waals surface area contributed by atoms with E-state index in [1.165, 1.54) is 21.2 Å². The number of carbonyl (C=O) groups is 2. The van der Waals surface area contributed by atoms with Crippen molar-refractivity contribution >= 4 is 38.3 Å². The number of hydrogen-bond donors (Lipinski definition) is 3. The van der Waals surface area contributed by atoms with E-state index in [0.29, 0.717) is 18.3 Å². The lowest BCUT2D eigenvalue weighted by molar-refractivity contribution is -0.125. The van der Waals surface area contributed by atoms with Crippen LogP contribution in [0.1, 0.15) is 34.5 Å². The zero-order valence-corrected chi connectivity index (χ0v) is 26.3. The summed E-state index contributed by atoms with van der Waals surface area (Å²) in [6, 6.07) is 15.4. The molecule has 2 heterocycles. The quantitative estimate of drug-likeness (QED) is 0.261. The number of methoxy groups -OCH3 is 1. The molecule has 230 valence electrons. The van der Waals surface area contributed by atoms with Crippen LogP contribution in [0, 0.1) is 6.92 Å². The molecular weight excluding hydrogens is 589 g/mol. The first-order chi connectivity index (χ1) is 20.7. The topological polar surface area (TPSA) is 133 Å². The lowest BCUT2D eigenvalue weighted by atomic mass is 9.96. The predicted octanol–water partition coefficient (Wildman–Crippen LogP) is 2.12. The van der Waals surface area contributed by atoms with Crippen molar-refractivity contribution in [2.75, 3.05) is 45.3 Å². The highest BCUT2D eigenvalue weighted by Crippen LogP contribution is 2.48. The molecule has 0 bridgehead atoms. The monoisotopic (exact) mass is 626 g/mol. The average molecular weight is 627 g/mol. The van der Waals surface area contributed by atoms with Crippen molar-refractivity contribution < 1.29 is 22.7 Å². The molecule has 3 aromatic rings. The number of sulfonamides is 1. The Kier molecular flexibility index (Phi) is 9.47. The third-order valence-corrected chi connectivity index (χ3v) is 11.2. The lowest BCUT2D eigenvalue weighted by Crippen LogP contribution is -2.60. The van der Waals surface area contributed by atoms with Gasteiger partial charge < -0.3 is 15.0 Å². The van der Waals surface area contributed by atoms with Crippen molar-refractivity contribution in [1.82, 2.24) is 25.5 Å². The minimum absolute atomic E-state index is 0.0963. The number of nitrogens with one attached hydrogen (secondary N) is 3. The summed E-state index contributed by atoms with van der Waals surface area (Å²) in [7, 11) is -0.592. The molecule has 1 atom stereocenters. The van der Waals surface area contributed by atoms with Crippen LogP contribution in [0.25, 0.3) is 0 Å². The molecule has 0 spiro atoms. The number of ether oxygens (including phenoxy) is 1. The molecule has 0 radical (unpaired) electrons. The van der Waals surface area contributed by atoms with Crippen LogP contribution in [0.4, 0.5) is 5.13 Å². The molecule has 1 aromatic heterocycles. The number of nitrogens with zero attached hydrogens (tertiary/aromatic N) is 3. The highest BCUT2D eigenvalue weighted by molar-refractivity contribution is 7.89. The van der Waals surface area contributed by atoms with E-state index in [4.69, 9.17) is 4.74 Å². The van der Waals surface area contributed by atoms with Crippen LogP contribution in [-0.2, 0) is 42.7 Å². The molecule has 2 aliphatic rings. The van der Waals surface area contributed by atoms with E-state index in [2.05, 4.69) is 33.3 Å². The highest BCUT2D eigenvalue weighted by Gasteiger charge is 2.44. The summed E-state index contributed by atoms with van der Waals surface area (Å²) in [5, 5.41) is 3.63. The van der Waals surface area contributed by atoms with Crippen LogP contribution < -0.4 is 21.1 Å². The van der Waals surface area contributed by atoms with Gasteiger partial charge in [-0.1, -0.05) is 42.5 Å². The van der Waals surface area contributed by atoms with Crippen LogP contribution in [-0.4, -0.2) is 76.0 Å². The second kappa shape index (κ2) is 13.1. The van der Waals surface area contributed by atoms with Gasteiger partial charge in [-0.05, 0) is 43.0 Å². The molecule has 11 nitrogen and oxygen atoms in total. The number of benzene rings is 2. The summed E-state index contributed by atoms with van der Waals surface area (Å²) >= 11 is 1.38. The third kappa shape index (κ3) is 6.91. The molecule has 1 saturated carbocycles. The van der Waals surface area contributed by atoms with E-state index in [-0.39, 0.29) is 48.2 Å². The smallest absolute Gasteiger partial charge is 0.243 e. The van der Waals surface area contributed by atoms with Gasteiger partial charge in [-0.25, -0.2) is 18.8 Å². The largest absolute Gasteiger partial charge is 0.384 e. The number of hydrogen-bond acceptors (Lipinski definition) is 9. The fourth-order valence-electron chi connectivity index (χ4n) is 5.44. The summed E-state index contributed by atoms with van der Waals surface area (Å²) in [6.07, 6.45) is 2.37. The van der Waals surface area contributed by atoms with Crippen molar-refractivity contribution in [2.45, 2.75) is 49.1 Å². The normalized spacial score (nSPS) is 18.3. The minimum atomic E-state index is -3.93. The van der Waals surface area contributed by atoms with Crippen LogP contribution in [0.5, 0.6) is 0 Å². The first kappa shape index (κ1) is 31.1. The van der Waals surface area contributed by atoms with Crippen molar-refractivity contribution in [1.29, 1.82) is 0 Å². The number of amides is 2. The van der Waals surface area contributed by atoms with Gasteiger partial charge in [-0.3, -0.25) is 15.0 Å². The van der Waals surface area contributed by atoms with Gasteiger partial charge in [-0.2, -0.15) is 4.31 Å². The zero-order valence-electron chi connectivity index (χ0n) is 24.6. The molecule has 1 aliphatic carbocycles. The summed E-state index contributed by atoms with van der Waals surface area (Å²) in [5.41, 5.74) is 8.18. The number of anilines is 1. The Bertz CT molecular complexity index is 1540. The molecule has 0 unspecified atom stereocenters. The molecule has 13 heteroatoms. The molecular formula is C30H38N6O5S2. The maximum absolute atomic E-state index is 13.7. The van der Waals surface area contributed by atoms with Gasteiger partial charge in [0, 0.05) is 50.6 Å². The molecule has 1 aliphatic heterocycles. The van der Waals surface area contributed by atoms with Crippen molar-refractivity contribution in [3.05, 3.63) is 76.3 Å². The molecule has 3 N–H and O–H groups in total. The van der Waals surface area contributed by atoms with Gasteiger partial charge >= 0.3 is 0 Å². The molecule has 2 fully saturated rings. The molecule has 43 heavy (non-hydrogen) atoms. The number of rotatable bonds is 12. The molecule has 1 saturated heterocycles. The summed E-state index contributed by atoms with van der Waals surface area (Å²) < 4.78 is 34.1. The standard InChI is InChI=1S/C30H38N6O5S2/c1-21-26(17-27(37)34-31-2)42-29(33-21)35-15-16-36(43(39,40)24-7-5-4-6-8-24)25(19-35)28(38)32-18-22-9-11-23(12-10-22)30(13-14-30)20-41-3/h4-12,25,31H,13-20H2,1-3H3,(H,32,38)(H,34,37)/t25-/m1/s1. The average Bonchev–Trinajstić information content (AvgIpc) is 3.71. The van der Waals surface area contributed by atoms with Crippen LogP contribution in [0.2, 0.25) is 0 Å². The van der Waals surface area contributed by atoms with E-state index in [0.717, 1.165) is 29.0 Å². The number of aryl methyl sites for hydroxylation is 1.